The Kier molecular flexibility index (Phi) is 4.66. The van der Waals surface area contributed by atoms with Crippen LogP contribution in [-0.2, 0) is 0 Å². The van der Waals surface area contributed by atoms with Gasteiger partial charge in [0.05, 0.1) is 11.0 Å². The summed E-state index contributed by atoms with van der Waals surface area (Å²) in [7, 11) is 0. The highest BCUT2D eigenvalue weighted by atomic mass is 16.3. The Bertz CT molecular complexity index is 1690. The monoisotopic (exact) mass is 427 g/mol. The summed E-state index contributed by atoms with van der Waals surface area (Å²) in [6.07, 6.45) is 5.28. The van der Waals surface area contributed by atoms with E-state index in [9.17, 15) is 0 Å². The van der Waals surface area contributed by atoms with Crippen LogP contribution in [0.15, 0.2) is 95.4 Å². The third-order valence-electron chi connectivity index (χ3n) is 6.47. The Labute approximate surface area is 192 Å². The van der Waals surface area contributed by atoms with Crippen molar-refractivity contribution in [1.82, 2.24) is 4.57 Å². The van der Waals surface area contributed by atoms with Gasteiger partial charge in [-0.3, -0.25) is 0 Å². The summed E-state index contributed by atoms with van der Waals surface area (Å²) in [6, 6.07) is 32.5. The van der Waals surface area contributed by atoms with E-state index in [-0.39, 0.29) is 0 Å². The molecule has 6 aromatic rings. The van der Waals surface area contributed by atoms with Gasteiger partial charge in [0.15, 0.2) is 0 Å². The highest BCUT2D eigenvalue weighted by molar-refractivity contribution is 6.09. The summed E-state index contributed by atoms with van der Waals surface area (Å²) in [6.45, 7) is 4.19. The summed E-state index contributed by atoms with van der Waals surface area (Å²) in [5, 5.41) is 4.92. The van der Waals surface area contributed by atoms with Gasteiger partial charge in [-0.25, -0.2) is 0 Å². The van der Waals surface area contributed by atoms with Crippen molar-refractivity contribution in [3.05, 3.63) is 102 Å². The Morgan fingerprint density at radius 3 is 2.00 bits per heavy atom. The van der Waals surface area contributed by atoms with Crippen molar-refractivity contribution in [3.63, 3.8) is 0 Å². The van der Waals surface area contributed by atoms with E-state index in [2.05, 4.69) is 115 Å². The zero-order valence-electron chi connectivity index (χ0n) is 18.9. The molecule has 33 heavy (non-hydrogen) atoms. The first kappa shape index (κ1) is 19.6. The molecule has 2 nitrogen and oxygen atoms in total. The molecule has 0 atom stereocenters. The van der Waals surface area contributed by atoms with E-state index in [0.717, 1.165) is 34.2 Å². The number of fused-ring (bicyclic) bond motifs is 4. The SMILES string of the molecule is C/C=c1/oc2c(-c3ccc(-n4c5ccccc5c5ccccc54)cc3)cccc2/c1=C/CC. The molecule has 0 aliphatic heterocycles. The lowest BCUT2D eigenvalue weighted by Gasteiger charge is -2.09. The number of benzene rings is 4. The molecule has 2 heterocycles. The molecule has 0 N–H and O–H groups in total. The molecule has 0 aliphatic rings. The molecule has 0 fully saturated rings. The lowest BCUT2D eigenvalue weighted by Crippen LogP contribution is -2.19. The molecule has 2 heteroatoms. The van der Waals surface area contributed by atoms with E-state index in [0.29, 0.717) is 0 Å². The number of aromatic nitrogens is 1. The molecule has 0 saturated heterocycles. The van der Waals surface area contributed by atoms with E-state index >= 15 is 0 Å². The zero-order valence-corrected chi connectivity index (χ0v) is 18.9. The maximum atomic E-state index is 6.31. The molecule has 160 valence electrons. The quantitative estimate of drug-likeness (QED) is 0.292. The second-order valence-electron chi connectivity index (χ2n) is 8.38. The Balaban J connectivity index is 1.54. The van der Waals surface area contributed by atoms with Crippen LogP contribution in [0.3, 0.4) is 0 Å². The van der Waals surface area contributed by atoms with Crippen molar-refractivity contribution < 1.29 is 4.42 Å². The van der Waals surface area contributed by atoms with Gasteiger partial charge in [-0.15, -0.1) is 0 Å². The first-order valence-corrected chi connectivity index (χ1v) is 11.6. The summed E-state index contributed by atoms with van der Waals surface area (Å²) < 4.78 is 8.66. The van der Waals surface area contributed by atoms with Crippen LogP contribution in [-0.4, -0.2) is 4.57 Å². The highest BCUT2D eigenvalue weighted by Gasteiger charge is 2.13. The van der Waals surface area contributed by atoms with Gasteiger partial charge in [0.1, 0.15) is 11.0 Å². The van der Waals surface area contributed by atoms with Crippen LogP contribution < -0.4 is 10.6 Å². The van der Waals surface area contributed by atoms with Crippen molar-refractivity contribution in [3.8, 4) is 16.8 Å². The van der Waals surface area contributed by atoms with Gasteiger partial charge in [-0.05, 0) is 49.2 Å². The molecular weight excluding hydrogens is 402 g/mol. The molecule has 0 saturated carbocycles. The predicted octanol–water partition coefficient (Wildman–Crippen LogP) is 7.19. The number of furan rings is 1. The number of rotatable bonds is 3. The molecule has 0 unspecified atom stereocenters. The number of para-hydroxylation sites is 3. The topological polar surface area (TPSA) is 18.1 Å². The lowest BCUT2D eigenvalue weighted by molar-refractivity contribution is 0.575. The van der Waals surface area contributed by atoms with Crippen LogP contribution in [0, 0.1) is 0 Å². The van der Waals surface area contributed by atoms with Crippen molar-refractivity contribution >= 4 is 44.9 Å². The average Bonchev–Trinajstić information content (AvgIpc) is 3.40. The van der Waals surface area contributed by atoms with Crippen molar-refractivity contribution in [2.75, 3.05) is 0 Å². The van der Waals surface area contributed by atoms with Gasteiger partial charge in [-0.1, -0.05) is 79.7 Å². The minimum atomic E-state index is 0.946. The third kappa shape index (κ3) is 3.02. The second kappa shape index (κ2) is 7.83. The third-order valence-corrected chi connectivity index (χ3v) is 6.47. The van der Waals surface area contributed by atoms with Crippen molar-refractivity contribution in [2.45, 2.75) is 20.3 Å². The molecule has 0 bridgehead atoms. The number of hydrogen-bond donors (Lipinski definition) is 0. The summed E-state index contributed by atoms with van der Waals surface area (Å²) in [5.74, 6) is 0. The van der Waals surface area contributed by atoms with E-state index in [1.165, 1.54) is 32.4 Å². The number of nitrogens with zero attached hydrogens (tertiary/aromatic N) is 1. The van der Waals surface area contributed by atoms with Gasteiger partial charge in [0, 0.05) is 32.6 Å². The second-order valence-corrected chi connectivity index (χ2v) is 8.38. The fourth-order valence-corrected chi connectivity index (χ4v) is 5.00. The van der Waals surface area contributed by atoms with E-state index in [1.54, 1.807) is 0 Å². The standard InChI is InChI=1S/C31H25NO/c1-3-10-26-27-14-9-13-23(31(27)33-30(26)4-2)21-17-19-22(20-18-21)32-28-15-7-5-11-24(28)25-12-6-8-16-29(25)32/h4-20H,3H2,1-2H3/b26-10-,30-4+. The highest BCUT2D eigenvalue weighted by Crippen LogP contribution is 2.33. The summed E-state index contributed by atoms with van der Waals surface area (Å²) >= 11 is 0. The van der Waals surface area contributed by atoms with E-state index in [1.807, 2.05) is 6.92 Å². The van der Waals surface area contributed by atoms with Crippen LogP contribution >= 0.6 is 0 Å². The maximum Gasteiger partial charge on any atom is 0.143 e. The molecular formula is C31H25NO. The number of hydrogen-bond acceptors (Lipinski definition) is 1. The molecule has 4 aromatic carbocycles. The molecule has 0 amide bonds. The van der Waals surface area contributed by atoms with Crippen molar-refractivity contribution in [2.24, 2.45) is 0 Å². The van der Waals surface area contributed by atoms with Crippen molar-refractivity contribution in [1.29, 1.82) is 0 Å². The average molecular weight is 428 g/mol. The Hall–Kier alpha value is -4.04. The summed E-state index contributed by atoms with van der Waals surface area (Å²) in [4.78, 5) is 0. The first-order valence-electron chi connectivity index (χ1n) is 11.6. The van der Waals surface area contributed by atoms with E-state index in [4.69, 9.17) is 4.42 Å². The molecule has 2 aromatic heterocycles. The van der Waals surface area contributed by atoms with Crippen LogP contribution in [0.5, 0.6) is 0 Å². The molecule has 6 rings (SSSR count). The van der Waals surface area contributed by atoms with Gasteiger partial charge < -0.3 is 8.98 Å². The van der Waals surface area contributed by atoms with Gasteiger partial charge in [0.2, 0.25) is 0 Å². The normalized spacial score (nSPS) is 13.0. The van der Waals surface area contributed by atoms with E-state index < -0.39 is 0 Å². The lowest BCUT2D eigenvalue weighted by atomic mass is 10.0. The molecule has 0 radical (unpaired) electrons. The summed E-state index contributed by atoms with van der Waals surface area (Å²) in [5.41, 5.74) is 7.79. The molecule has 0 aliphatic carbocycles. The minimum Gasteiger partial charge on any atom is -0.456 e. The fraction of sp³-hybridized carbons (Fsp3) is 0.0968. The first-order chi connectivity index (χ1) is 16.3. The van der Waals surface area contributed by atoms with Crippen LogP contribution in [0.25, 0.3) is 61.7 Å². The van der Waals surface area contributed by atoms with Crippen LogP contribution in [0.4, 0.5) is 0 Å². The zero-order chi connectivity index (χ0) is 22.4. The van der Waals surface area contributed by atoms with Gasteiger partial charge in [0.25, 0.3) is 0 Å². The predicted molar refractivity (Wildman–Crippen MR) is 140 cm³/mol. The Morgan fingerprint density at radius 1 is 0.727 bits per heavy atom. The maximum absolute atomic E-state index is 6.31. The largest absolute Gasteiger partial charge is 0.456 e. The fourth-order valence-electron chi connectivity index (χ4n) is 5.00. The van der Waals surface area contributed by atoms with Gasteiger partial charge >= 0.3 is 0 Å². The van der Waals surface area contributed by atoms with Crippen LogP contribution in [0.2, 0.25) is 0 Å². The Morgan fingerprint density at radius 2 is 1.36 bits per heavy atom. The molecule has 0 spiro atoms. The smallest absolute Gasteiger partial charge is 0.143 e. The van der Waals surface area contributed by atoms with Gasteiger partial charge in [-0.2, -0.15) is 0 Å². The van der Waals surface area contributed by atoms with Crippen LogP contribution in [0.1, 0.15) is 20.3 Å². The minimum absolute atomic E-state index is 0.946.